The van der Waals surface area contributed by atoms with Gasteiger partial charge in [-0.2, -0.15) is 0 Å². The van der Waals surface area contributed by atoms with Crippen LogP contribution in [0.5, 0.6) is 0 Å². The Kier molecular flexibility index (Phi) is 3.67. The van der Waals surface area contributed by atoms with Crippen molar-refractivity contribution < 1.29 is 0 Å². The van der Waals surface area contributed by atoms with E-state index in [9.17, 15) is 4.79 Å². The summed E-state index contributed by atoms with van der Waals surface area (Å²) in [6.45, 7) is 0.960. The smallest absolute Gasteiger partial charge is 0.258 e. The van der Waals surface area contributed by atoms with E-state index in [0.29, 0.717) is 5.39 Å². The molecule has 2 aromatic rings. The SMILES string of the molecule is CNCCC=Cc1ccc2c(=O)[nH]cnc2c1. The lowest BCUT2D eigenvalue weighted by Gasteiger charge is -1.98. The van der Waals surface area contributed by atoms with E-state index in [2.05, 4.69) is 21.4 Å². The van der Waals surface area contributed by atoms with Crippen LogP contribution in [0.3, 0.4) is 0 Å². The summed E-state index contributed by atoms with van der Waals surface area (Å²) < 4.78 is 0. The van der Waals surface area contributed by atoms with E-state index >= 15 is 0 Å². The number of rotatable bonds is 4. The van der Waals surface area contributed by atoms with E-state index < -0.39 is 0 Å². The fourth-order valence-corrected chi connectivity index (χ4v) is 1.64. The van der Waals surface area contributed by atoms with E-state index in [1.54, 1.807) is 6.07 Å². The number of hydrogen-bond acceptors (Lipinski definition) is 3. The minimum atomic E-state index is -0.0966. The average molecular weight is 229 g/mol. The van der Waals surface area contributed by atoms with Crippen molar-refractivity contribution in [2.45, 2.75) is 6.42 Å². The highest BCUT2D eigenvalue weighted by Gasteiger charge is 1.98. The minimum absolute atomic E-state index is 0.0966. The first kappa shape index (κ1) is 11.5. The number of nitrogens with one attached hydrogen (secondary N) is 2. The van der Waals surface area contributed by atoms with E-state index in [1.165, 1.54) is 6.33 Å². The Hall–Kier alpha value is -1.94. The van der Waals surface area contributed by atoms with Gasteiger partial charge < -0.3 is 10.3 Å². The number of fused-ring (bicyclic) bond motifs is 1. The molecule has 0 aliphatic rings. The molecule has 0 aliphatic carbocycles. The van der Waals surface area contributed by atoms with Crippen molar-refractivity contribution in [2.24, 2.45) is 0 Å². The Balaban J connectivity index is 2.26. The van der Waals surface area contributed by atoms with E-state index in [-0.39, 0.29) is 5.56 Å². The Bertz CT molecular complexity index is 586. The largest absolute Gasteiger partial charge is 0.319 e. The Labute approximate surface area is 99.4 Å². The molecule has 2 N–H and O–H groups in total. The topological polar surface area (TPSA) is 57.8 Å². The van der Waals surface area contributed by atoms with Crippen LogP contribution in [-0.2, 0) is 0 Å². The first-order chi connectivity index (χ1) is 8.31. The quantitative estimate of drug-likeness (QED) is 0.782. The van der Waals surface area contributed by atoms with Crippen molar-refractivity contribution in [1.82, 2.24) is 15.3 Å². The molecular weight excluding hydrogens is 214 g/mol. The van der Waals surface area contributed by atoms with Crippen LogP contribution >= 0.6 is 0 Å². The van der Waals surface area contributed by atoms with Gasteiger partial charge in [0.15, 0.2) is 0 Å². The summed E-state index contributed by atoms with van der Waals surface area (Å²) in [7, 11) is 1.93. The van der Waals surface area contributed by atoms with Crippen LogP contribution in [0, 0.1) is 0 Å². The molecule has 0 unspecified atom stereocenters. The highest BCUT2D eigenvalue weighted by molar-refractivity contribution is 5.79. The second-order valence-corrected chi connectivity index (χ2v) is 3.80. The number of H-pyrrole nitrogens is 1. The lowest BCUT2D eigenvalue weighted by molar-refractivity contribution is 0.809. The predicted octanol–water partition coefficient (Wildman–Crippen LogP) is 1.55. The number of aromatic nitrogens is 2. The molecule has 0 amide bonds. The monoisotopic (exact) mass is 229 g/mol. The molecule has 1 heterocycles. The zero-order valence-electron chi connectivity index (χ0n) is 9.73. The molecule has 0 radical (unpaired) electrons. The van der Waals surface area contributed by atoms with E-state index in [0.717, 1.165) is 24.0 Å². The van der Waals surface area contributed by atoms with Crippen LogP contribution in [-0.4, -0.2) is 23.6 Å². The van der Waals surface area contributed by atoms with Crippen molar-refractivity contribution in [3.8, 4) is 0 Å². The van der Waals surface area contributed by atoms with Gasteiger partial charge in [-0.3, -0.25) is 4.79 Å². The third-order valence-corrected chi connectivity index (χ3v) is 2.54. The highest BCUT2D eigenvalue weighted by Crippen LogP contribution is 2.10. The second-order valence-electron chi connectivity index (χ2n) is 3.80. The summed E-state index contributed by atoms with van der Waals surface area (Å²) in [5.41, 5.74) is 1.69. The van der Waals surface area contributed by atoms with Crippen molar-refractivity contribution in [3.63, 3.8) is 0 Å². The molecule has 17 heavy (non-hydrogen) atoms. The van der Waals surface area contributed by atoms with E-state index in [4.69, 9.17) is 0 Å². The van der Waals surface area contributed by atoms with Crippen LogP contribution in [0.4, 0.5) is 0 Å². The van der Waals surface area contributed by atoms with Gasteiger partial charge in [0.2, 0.25) is 0 Å². The van der Waals surface area contributed by atoms with Crippen LogP contribution in [0.15, 0.2) is 35.4 Å². The lowest BCUT2D eigenvalue weighted by Crippen LogP contribution is -2.06. The maximum atomic E-state index is 11.5. The van der Waals surface area contributed by atoms with Crippen LogP contribution in [0.2, 0.25) is 0 Å². The van der Waals surface area contributed by atoms with Crippen LogP contribution in [0.25, 0.3) is 17.0 Å². The molecule has 0 saturated carbocycles. The minimum Gasteiger partial charge on any atom is -0.319 e. The molecule has 0 aliphatic heterocycles. The van der Waals surface area contributed by atoms with Gasteiger partial charge in [0, 0.05) is 0 Å². The molecule has 2 rings (SSSR count). The summed E-state index contributed by atoms with van der Waals surface area (Å²) in [6, 6.07) is 5.65. The van der Waals surface area contributed by atoms with Gasteiger partial charge in [-0.05, 0) is 37.7 Å². The zero-order valence-corrected chi connectivity index (χ0v) is 9.73. The van der Waals surface area contributed by atoms with Gasteiger partial charge in [-0.1, -0.05) is 18.2 Å². The Morgan fingerprint density at radius 3 is 3.18 bits per heavy atom. The summed E-state index contributed by atoms with van der Waals surface area (Å²) >= 11 is 0. The number of hydrogen-bond donors (Lipinski definition) is 2. The maximum Gasteiger partial charge on any atom is 0.258 e. The fourth-order valence-electron chi connectivity index (χ4n) is 1.64. The normalized spacial score (nSPS) is 11.4. The first-order valence-corrected chi connectivity index (χ1v) is 5.60. The van der Waals surface area contributed by atoms with E-state index in [1.807, 2.05) is 25.3 Å². The number of nitrogens with zero attached hydrogens (tertiary/aromatic N) is 1. The molecule has 88 valence electrons. The van der Waals surface area contributed by atoms with Crippen molar-refractivity contribution in [1.29, 1.82) is 0 Å². The van der Waals surface area contributed by atoms with Crippen LogP contribution in [0.1, 0.15) is 12.0 Å². The molecule has 1 aromatic heterocycles. The lowest BCUT2D eigenvalue weighted by atomic mass is 10.1. The molecule has 0 spiro atoms. The van der Waals surface area contributed by atoms with Gasteiger partial charge in [0.05, 0.1) is 17.2 Å². The van der Waals surface area contributed by atoms with Gasteiger partial charge in [0.1, 0.15) is 0 Å². The van der Waals surface area contributed by atoms with Gasteiger partial charge >= 0.3 is 0 Å². The molecule has 0 atom stereocenters. The maximum absolute atomic E-state index is 11.5. The van der Waals surface area contributed by atoms with Crippen molar-refractivity contribution >= 4 is 17.0 Å². The summed E-state index contributed by atoms with van der Waals surface area (Å²) in [4.78, 5) is 18.2. The first-order valence-electron chi connectivity index (χ1n) is 5.60. The van der Waals surface area contributed by atoms with Crippen molar-refractivity contribution in [2.75, 3.05) is 13.6 Å². The number of benzene rings is 1. The predicted molar refractivity (Wildman–Crippen MR) is 69.9 cm³/mol. The molecule has 0 bridgehead atoms. The highest BCUT2D eigenvalue weighted by atomic mass is 16.1. The molecule has 1 aromatic carbocycles. The fraction of sp³-hybridized carbons (Fsp3) is 0.231. The van der Waals surface area contributed by atoms with Crippen molar-refractivity contribution in [3.05, 3.63) is 46.5 Å². The zero-order chi connectivity index (χ0) is 12.1. The Morgan fingerprint density at radius 1 is 1.47 bits per heavy atom. The molecule has 0 fully saturated rings. The molecule has 4 nitrogen and oxygen atoms in total. The molecule has 0 saturated heterocycles. The molecular formula is C13H15N3O. The second kappa shape index (κ2) is 5.41. The Morgan fingerprint density at radius 2 is 2.35 bits per heavy atom. The third-order valence-electron chi connectivity index (χ3n) is 2.54. The van der Waals surface area contributed by atoms with Crippen LogP contribution < -0.4 is 10.9 Å². The van der Waals surface area contributed by atoms with Gasteiger partial charge in [0.25, 0.3) is 5.56 Å². The summed E-state index contributed by atoms with van der Waals surface area (Å²) in [6.07, 6.45) is 6.56. The van der Waals surface area contributed by atoms with Gasteiger partial charge in [-0.15, -0.1) is 0 Å². The summed E-state index contributed by atoms with van der Waals surface area (Å²) in [5, 5.41) is 3.71. The standard InChI is InChI=1S/C13H15N3O/c1-14-7-3-2-4-10-5-6-11-12(8-10)15-9-16-13(11)17/h2,4-6,8-9,14H,3,7H2,1H3,(H,15,16,17). The average Bonchev–Trinajstić information content (AvgIpc) is 2.35. The molecule has 4 heteroatoms. The third kappa shape index (κ3) is 2.79. The number of aromatic amines is 1. The summed E-state index contributed by atoms with van der Waals surface area (Å²) in [5.74, 6) is 0. The van der Waals surface area contributed by atoms with Gasteiger partial charge in [-0.25, -0.2) is 4.98 Å².